The Morgan fingerprint density at radius 1 is 0.968 bits per heavy atom. The van der Waals surface area contributed by atoms with Crippen LogP contribution in [0.3, 0.4) is 0 Å². The van der Waals surface area contributed by atoms with E-state index in [0.717, 1.165) is 38.5 Å². The molecule has 0 amide bonds. The number of aromatic nitrogens is 3. The number of aryl methyl sites for hydroxylation is 1. The molecule has 0 saturated heterocycles. The fourth-order valence-corrected chi connectivity index (χ4v) is 3.93. The Bertz CT molecular complexity index is 1420. The van der Waals surface area contributed by atoms with E-state index in [9.17, 15) is 0 Å². The van der Waals surface area contributed by atoms with Crippen molar-refractivity contribution in [3.8, 4) is 11.8 Å². The normalized spacial score (nSPS) is 11.1. The molecule has 152 valence electrons. The highest BCUT2D eigenvalue weighted by atomic mass is 16.5. The van der Waals surface area contributed by atoms with Crippen LogP contribution in [0.25, 0.3) is 21.7 Å². The lowest BCUT2D eigenvalue weighted by Gasteiger charge is -2.14. The van der Waals surface area contributed by atoms with Crippen molar-refractivity contribution < 1.29 is 4.74 Å². The number of hydrogen-bond acceptors (Lipinski definition) is 4. The minimum absolute atomic E-state index is 0.0658. The molecule has 0 aliphatic rings. The number of rotatable bonds is 5. The van der Waals surface area contributed by atoms with Crippen molar-refractivity contribution in [2.45, 2.75) is 13.5 Å². The molecule has 0 atom stereocenters. The maximum atomic E-state index is 7.79. The molecule has 0 unspecified atom stereocenters. The highest BCUT2D eigenvalue weighted by Gasteiger charge is 2.12. The number of fused-ring (bicyclic) bond motifs is 2. The van der Waals surface area contributed by atoms with E-state index in [1.807, 2.05) is 42.5 Å². The summed E-state index contributed by atoms with van der Waals surface area (Å²) < 4.78 is 8.18. The molecule has 2 heterocycles. The van der Waals surface area contributed by atoms with E-state index < -0.39 is 0 Å². The standard InChI is InChI=1S/C25H21N5O/c1-16-11-18-7-8-19(24(26)27)14-23(18)30(16)15-20-13-21(31-25-28-9-4-10-29-25)12-17-5-2-3-6-22(17)20/h2-14H,15H2,1H3,(H3,26,27). The number of ether oxygens (including phenoxy) is 1. The topological polar surface area (TPSA) is 89.8 Å². The summed E-state index contributed by atoms with van der Waals surface area (Å²) in [5.74, 6) is 0.759. The number of nitrogens with two attached hydrogens (primary N) is 1. The third-order valence-electron chi connectivity index (χ3n) is 5.42. The summed E-state index contributed by atoms with van der Waals surface area (Å²) in [4.78, 5) is 8.34. The molecular weight excluding hydrogens is 386 g/mol. The molecule has 3 aromatic carbocycles. The van der Waals surface area contributed by atoms with E-state index in [2.05, 4.69) is 39.7 Å². The Balaban J connectivity index is 1.62. The van der Waals surface area contributed by atoms with Crippen LogP contribution in [-0.4, -0.2) is 20.4 Å². The van der Waals surface area contributed by atoms with Gasteiger partial charge < -0.3 is 15.0 Å². The number of nitrogen functional groups attached to an aromatic ring is 1. The number of amidine groups is 1. The lowest BCUT2D eigenvalue weighted by Crippen LogP contribution is -2.11. The average Bonchev–Trinajstić information content (AvgIpc) is 3.09. The highest BCUT2D eigenvalue weighted by molar-refractivity contribution is 5.98. The molecule has 0 saturated carbocycles. The Morgan fingerprint density at radius 3 is 2.58 bits per heavy atom. The summed E-state index contributed by atoms with van der Waals surface area (Å²) in [7, 11) is 0. The van der Waals surface area contributed by atoms with Crippen LogP contribution in [0, 0.1) is 12.3 Å². The Hall–Kier alpha value is -4.19. The number of hydrogen-bond donors (Lipinski definition) is 2. The summed E-state index contributed by atoms with van der Waals surface area (Å²) in [5.41, 5.74) is 9.75. The largest absolute Gasteiger partial charge is 0.424 e. The van der Waals surface area contributed by atoms with Gasteiger partial charge in [-0.15, -0.1) is 0 Å². The first-order chi connectivity index (χ1) is 15.1. The predicted molar refractivity (Wildman–Crippen MR) is 123 cm³/mol. The summed E-state index contributed by atoms with van der Waals surface area (Å²) in [6.45, 7) is 2.75. The maximum Gasteiger partial charge on any atom is 0.321 e. The van der Waals surface area contributed by atoms with Gasteiger partial charge in [0.2, 0.25) is 0 Å². The fraction of sp³-hybridized carbons (Fsp3) is 0.0800. The van der Waals surface area contributed by atoms with Gasteiger partial charge in [0.1, 0.15) is 11.6 Å². The lowest BCUT2D eigenvalue weighted by molar-refractivity contribution is 0.442. The summed E-state index contributed by atoms with van der Waals surface area (Å²) in [6.07, 6.45) is 3.32. The Kier molecular flexibility index (Phi) is 4.59. The van der Waals surface area contributed by atoms with Gasteiger partial charge in [-0.05, 0) is 59.0 Å². The van der Waals surface area contributed by atoms with Crippen LogP contribution in [0.2, 0.25) is 0 Å². The lowest BCUT2D eigenvalue weighted by atomic mass is 10.0. The van der Waals surface area contributed by atoms with E-state index in [4.69, 9.17) is 15.9 Å². The summed E-state index contributed by atoms with van der Waals surface area (Å²) in [6, 6.07) is 22.4. The van der Waals surface area contributed by atoms with E-state index in [0.29, 0.717) is 18.3 Å². The SMILES string of the molecule is Cc1cc2ccc(C(=N)N)cc2n1Cc1cc(Oc2ncccn2)cc2ccccc12. The zero-order valence-electron chi connectivity index (χ0n) is 17.0. The van der Waals surface area contributed by atoms with Gasteiger partial charge in [0.15, 0.2) is 0 Å². The molecule has 2 aromatic heterocycles. The average molecular weight is 407 g/mol. The van der Waals surface area contributed by atoms with Gasteiger partial charge >= 0.3 is 6.01 Å². The van der Waals surface area contributed by atoms with Gasteiger partial charge in [-0.25, -0.2) is 9.97 Å². The van der Waals surface area contributed by atoms with Gasteiger partial charge in [0.05, 0.1) is 0 Å². The van der Waals surface area contributed by atoms with Crippen molar-refractivity contribution in [3.63, 3.8) is 0 Å². The first-order valence-corrected chi connectivity index (χ1v) is 9.99. The van der Waals surface area contributed by atoms with Crippen LogP contribution in [0.4, 0.5) is 0 Å². The molecule has 0 spiro atoms. The van der Waals surface area contributed by atoms with Crippen molar-refractivity contribution in [3.05, 3.63) is 95.9 Å². The van der Waals surface area contributed by atoms with E-state index in [-0.39, 0.29) is 5.84 Å². The molecule has 0 aliphatic heterocycles. The quantitative estimate of drug-likeness (QED) is 0.316. The van der Waals surface area contributed by atoms with Crippen molar-refractivity contribution in [1.82, 2.24) is 14.5 Å². The van der Waals surface area contributed by atoms with Gasteiger partial charge in [-0.2, -0.15) is 0 Å². The molecule has 0 radical (unpaired) electrons. The Labute approximate surface area is 179 Å². The molecule has 3 N–H and O–H groups in total. The zero-order valence-corrected chi connectivity index (χ0v) is 17.0. The van der Waals surface area contributed by atoms with Gasteiger partial charge in [0.25, 0.3) is 0 Å². The molecule has 5 aromatic rings. The highest BCUT2D eigenvalue weighted by Crippen LogP contribution is 2.30. The molecule has 6 heteroatoms. The van der Waals surface area contributed by atoms with Gasteiger partial charge in [-0.1, -0.05) is 36.4 Å². The molecule has 5 rings (SSSR count). The summed E-state index contributed by atoms with van der Waals surface area (Å²) in [5, 5.41) is 11.2. The zero-order chi connectivity index (χ0) is 21.4. The van der Waals surface area contributed by atoms with Crippen molar-refractivity contribution >= 4 is 27.5 Å². The number of nitrogens with zero attached hydrogens (tertiary/aromatic N) is 3. The molecule has 0 fully saturated rings. The van der Waals surface area contributed by atoms with Crippen LogP contribution in [0.15, 0.2) is 79.1 Å². The molecule has 6 nitrogen and oxygen atoms in total. The first-order valence-electron chi connectivity index (χ1n) is 9.99. The Morgan fingerprint density at radius 2 is 1.77 bits per heavy atom. The molecule has 0 bridgehead atoms. The second-order valence-corrected chi connectivity index (χ2v) is 7.50. The van der Waals surface area contributed by atoms with Crippen molar-refractivity contribution in [2.75, 3.05) is 0 Å². The van der Waals surface area contributed by atoms with Crippen molar-refractivity contribution in [2.24, 2.45) is 5.73 Å². The van der Waals surface area contributed by atoms with Crippen molar-refractivity contribution in [1.29, 1.82) is 5.41 Å². The molecular formula is C25H21N5O. The minimum Gasteiger partial charge on any atom is -0.424 e. The smallest absolute Gasteiger partial charge is 0.321 e. The van der Waals surface area contributed by atoms with Gasteiger partial charge in [-0.3, -0.25) is 5.41 Å². The number of benzene rings is 3. The van der Waals surface area contributed by atoms with Crippen LogP contribution < -0.4 is 10.5 Å². The van der Waals surface area contributed by atoms with Crippen LogP contribution >= 0.6 is 0 Å². The minimum atomic E-state index is 0.0658. The third-order valence-corrected chi connectivity index (χ3v) is 5.42. The molecule has 0 aliphatic carbocycles. The van der Waals surface area contributed by atoms with E-state index in [1.54, 1.807) is 18.5 Å². The predicted octanol–water partition coefficient (Wildman–Crippen LogP) is 5.02. The van der Waals surface area contributed by atoms with Crippen LogP contribution in [0.1, 0.15) is 16.8 Å². The first kappa shape index (κ1) is 18.8. The maximum absolute atomic E-state index is 7.79. The third kappa shape index (κ3) is 3.59. The monoisotopic (exact) mass is 407 g/mol. The fourth-order valence-electron chi connectivity index (χ4n) is 3.93. The van der Waals surface area contributed by atoms with Crippen LogP contribution in [0.5, 0.6) is 11.8 Å². The number of nitrogens with one attached hydrogen (secondary N) is 1. The van der Waals surface area contributed by atoms with Crippen LogP contribution in [-0.2, 0) is 6.54 Å². The summed E-state index contributed by atoms with van der Waals surface area (Å²) >= 11 is 0. The van der Waals surface area contributed by atoms with E-state index in [1.165, 1.54) is 0 Å². The van der Waals surface area contributed by atoms with E-state index >= 15 is 0 Å². The van der Waals surface area contributed by atoms with Gasteiger partial charge in [0, 0.05) is 35.7 Å². The second kappa shape index (κ2) is 7.57. The molecule has 31 heavy (non-hydrogen) atoms. The second-order valence-electron chi connectivity index (χ2n) is 7.50.